The lowest BCUT2D eigenvalue weighted by molar-refractivity contribution is 0.301. The van der Waals surface area contributed by atoms with E-state index >= 15 is 0 Å². The molecule has 18 heavy (non-hydrogen) atoms. The highest BCUT2D eigenvalue weighted by molar-refractivity contribution is 5.49. The van der Waals surface area contributed by atoms with Crippen LogP contribution in [0.5, 0.6) is 0 Å². The lowest BCUT2D eigenvalue weighted by Gasteiger charge is -2.19. The number of aromatic nitrogens is 2. The van der Waals surface area contributed by atoms with Crippen LogP contribution in [-0.2, 0) is 0 Å². The molecule has 1 fully saturated rings. The van der Waals surface area contributed by atoms with E-state index in [1.807, 2.05) is 24.5 Å². The third-order valence-electron chi connectivity index (χ3n) is 3.88. The standard InChI is InChI=1S/C14H20N4/c1-17-10-3-4-12(17)7-8-15-13-5-2-6-14-16-9-11-18(13)14/h2,5-6,9,11-12,15H,3-4,7-8,10H2,1H3. The Morgan fingerprint density at radius 3 is 3.22 bits per heavy atom. The second-order valence-electron chi connectivity index (χ2n) is 5.06. The van der Waals surface area contributed by atoms with Gasteiger partial charge < -0.3 is 10.2 Å². The van der Waals surface area contributed by atoms with Crippen LogP contribution in [0.15, 0.2) is 30.6 Å². The number of hydrogen-bond acceptors (Lipinski definition) is 3. The van der Waals surface area contributed by atoms with Crippen molar-refractivity contribution in [2.75, 3.05) is 25.5 Å². The van der Waals surface area contributed by atoms with Gasteiger partial charge in [-0.1, -0.05) is 6.07 Å². The smallest absolute Gasteiger partial charge is 0.138 e. The number of pyridine rings is 1. The highest BCUT2D eigenvalue weighted by atomic mass is 15.2. The van der Waals surface area contributed by atoms with Gasteiger partial charge in [0, 0.05) is 25.0 Å². The van der Waals surface area contributed by atoms with Crippen LogP contribution in [0.2, 0.25) is 0 Å². The molecule has 2 aromatic rings. The average molecular weight is 244 g/mol. The third-order valence-corrected chi connectivity index (χ3v) is 3.88. The minimum atomic E-state index is 0.750. The van der Waals surface area contributed by atoms with Gasteiger partial charge in [0.2, 0.25) is 0 Å². The summed E-state index contributed by atoms with van der Waals surface area (Å²) in [7, 11) is 2.23. The average Bonchev–Trinajstić information content (AvgIpc) is 2.99. The second-order valence-corrected chi connectivity index (χ2v) is 5.06. The molecule has 1 unspecified atom stereocenters. The summed E-state index contributed by atoms with van der Waals surface area (Å²) >= 11 is 0. The summed E-state index contributed by atoms with van der Waals surface area (Å²) in [5, 5.41) is 3.52. The van der Waals surface area contributed by atoms with Crippen LogP contribution in [0.25, 0.3) is 5.65 Å². The van der Waals surface area contributed by atoms with E-state index in [0.717, 1.165) is 24.1 Å². The van der Waals surface area contributed by atoms with E-state index in [0.29, 0.717) is 0 Å². The fourth-order valence-electron chi connectivity index (χ4n) is 2.80. The number of anilines is 1. The Kier molecular flexibility index (Phi) is 3.19. The second kappa shape index (κ2) is 4.98. The molecule has 4 nitrogen and oxygen atoms in total. The van der Waals surface area contributed by atoms with Crippen molar-refractivity contribution < 1.29 is 0 Å². The largest absolute Gasteiger partial charge is 0.371 e. The summed E-state index contributed by atoms with van der Waals surface area (Å²) in [6.07, 6.45) is 7.73. The van der Waals surface area contributed by atoms with Crippen LogP contribution >= 0.6 is 0 Å². The van der Waals surface area contributed by atoms with Crippen LogP contribution in [0.3, 0.4) is 0 Å². The Morgan fingerprint density at radius 2 is 2.39 bits per heavy atom. The molecule has 1 N–H and O–H groups in total. The van der Waals surface area contributed by atoms with E-state index < -0.39 is 0 Å². The van der Waals surface area contributed by atoms with E-state index in [2.05, 4.69) is 32.7 Å². The third kappa shape index (κ3) is 2.20. The van der Waals surface area contributed by atoms with Crippen molar-refractivity contribution in [3.8, 4) is 0 Å². The first kappa shape index (κ1) is 11.5. The van der Waals surface area contributed by atoms with Gasteiger partial charge in [-0.3, -0.25) is 4.40 Å². The molecule has 4 heteroatoms. The van der Waals surface area contributed by atoms with Crippen molar-refractivity contribution in [2.45, 2.75) is 25.3 Å². The van der Waals surface area contributed by atoms with Gasteiger partial charge in [-0.15, -0.1) is 0 Å². The minimum Gasteiger partial charge on any atom is -0.371 e. The molecule has 0 bridgehead atoms. The lowest BCUT2D eigenvalue weighted by Crippen LogP contribution is -2.27. The van der Waals surface area contributed by atoms with Crippen LogP contribution < -0.4 is 5.32 Å². The van der Waals surface area contributed by atoms with Crippen LogP contribution in [-0.4, -0.2) is 40.5 Å². The van der Waals surface area contributed by atoms with E-state index in [4.69, 9.17) is 0 Å². The van der Waals surface area contributed by atoms with E-state index in [1.54, 1.807) is 0 Å². The number of likely N-dealkylation sites (tertiary alicyclic amines) is 1. The Bertz CT molecular complexity index is 519. The zero-order chi connectivity index (χ0) is 12.4. The summed E-state index contributed by atoms with van der Waals surface area (Å²) in [5.74, 6) is 1.13. The summed E-state index contributed by atoms with van der Waals surface area (Å²) in [4.78, 5) is 6.76. The van der Waals surface area contributed by atoms with Crippen molar-refractivity contribution in [1.29, 1.82) is 0 Å². The quantitative estimate of drug-likeness (QED) is 0.895. The van der Waals surface area contributed by atoms with Crippen molar-refractivity contribution in [3.63, 3.8) is 0 Å². The first-order valence-corrected chi connectivity index (χ1v) is 6.71. The zero-order valence-corrected chi connectivity index (χ0v) is 10.8. The predicted molar refractivity (Wildman–Crippen MR) is 74.0 cm³/mol. The Labute approximate surface area is 108 Å². The van der Waals surface area contributed by atoms with Gasteiger partial charge in [0.15, 0.2) is 0 Å². The number of imidazole rings is 1. The van der Waals surface area contributed by atoms with Crippen LogP contribution in [0.1, 0.15) is 19.3 Å². The molecule has 0 radical (unpaired) electrons. The molecular formula is C14H20N4. The molecule has 1 atom stereocenters. The maximum atomic E-state index is 4.29. The Morgan fingerprint density at radius 1 is 1.44 bits per heavy atom. The van der Waals surface area contributed by atoms with Crippen LogP contribution in [0, 0.1) is 0 Å². The van der Waals surface area contributed by atoms with Crippen molar-refractivity contribution >= 4 is 11.5 Å². The monoisotopic (exact) mass is 244 g/mol. The molecular weight excluding hydrogens is 224 g/mol. The molecule has 2 aromatic heterocycles. The highest BCUT2D eigenvalue weighted by Crippen LogP contribution is 2.18. The SMILES string of the molecule is CN1CCCC1CCNc1cccc2nccn12. The molecule has 0 aliphatic carbocycles. The summed E-state index contributed by atoms with van der Waals surface area (Å²) in [6, 6.07) is 6.93. The molecule has 0 spiro atoms. The van der Waals surface area contributed by atoms with Crippen molar-refractivity contribution in [3.05, 3.63) is 30.6 Å². The number of fused-ring (bicyclic) bond motifs is 1. The molecule has 1 aliphatic heterocycles. The summed E-state index contributed by atoms with van der Waals surface area (Å²) in [5.41, 5.74) is 0.998. The highest BCUT2D eigenvalue weighted by Gasteiger charge is 2.19. The van der Waals surface area contributed by atoms with E-state index in [9.17, 15) is 0 Å². The molecule has 0 amide bonds. The lowest BCUT2D eigenvalue weighted by atomic mass is 10.1. The predicted octanol–water partition coefficient (Wildman–Crippen LogP) is 2.23. The topological polar surface area (TPSA) is 32.6 Å². The van der Waals surface area contributed by atoms with Gasteiger partial charge >= 0.3 is 0 Å². The molecule has 0 aromatic carbocycles. The molecule has 96 valence electrons. The Balaban J connectivity index is 1.61. The molecule has 3 rings (SSSR count). The number of hydrogen-bond donors (Lipinski definition) is 1. The van der Waals surface area contributed by atoms with E-state index in [1.165, 1.54) is 25.8 Å². The molecule has 1 saturated heterocycles. The van der Waals surface area contributed by atoms with Crippen LogP contribution in [0.4, 0.5) is 5.82 Å². The fraction of sp³-hybridized carbons (Fsp3) is 0.500. The van der Waals surface area contributed by atoms with Gasteiger partial charge in [-0.05, 0) is 45.0 Å². The van der Waals surface area contributed by atoms with Gasteiger partial charge in [-0.2, -0.15) is 0 Å². The zero-order valence-electron chi connectivity index (χ0n) is 10.8. The summed E-state index contributed by atoms with van der Waals surface area (Å²) < 4.78 is 2.10. The normalized spacial score (nSPS) is 20.6. The molecule has 3 heterocycles. The van der Waals surface area contributed by atoms with Gasteiger partial charge in [0.05, 0.1) is 0 Å². The van der Waals surface area contributed by atoms with Gasteiger partial charge in [0.1, 0.15) is 11.5 Å². The van der Waals surface area contributed by atoms with Gasteiger partial charge in [-0.25, -0.2) is 4.98 Å². The number of nitrogens with one attached hydrogen (secondary N) is 1. The fourth-order valence-corrected chi connectivity index (χ4v) is 2.80. The van der Waals surface area contributed by atoms with Crippen molar-refractivity contribution in [1.82, 2.24) is 14.3 Å². The first-order chi connectivity index (χ1) is 8.84. The summed E-state index contributed by atoms with van der Waals surface area (Å²) in [6.45, 7) is 2.27. The minimum absolute atomic E-state index is 0.750. The molecule has 0 saturated carbocycles. The van der Waals surface area contributed by atoms with Gasteiger partial charge in [0.25, 0.3) is 0 Å². The maximum Gasteiger partial charge on any atom is 0.138 e. The number of rotatable bonds is 4. The maximum absolute atomic E-state index is 4.29. The number of nitrogens with zero attached hydrogens (tertiary/aromatic N) is 3. The first-order valence-electron chi connectivity index (χ1n) is 6.71. The Hall–Kier alpha value is -1.55. The van der Waals surface area contributed by atoms with Crippen molar-refractivity contribution in [2.24, 2.45) is 0 Å². The van der Waals surface area contributed by atoms with E-state index in [-0.39, 0.29) is 0 Å². The molecule has 1 aliphatic rings.